The number of hydrogen-bond donors (Lipinski definition) is 1. The summed E-state index contributed by atoms with van der Waals surface area (Å²) in [5, 5.41) is 11.3. The van der Waals surface area contributed by atoms with Crippen molar-refractivity contribution in [1.82, 2.24) is 9.80 Å². The molecule has 1 N–H and O–H groups in total. The molecule has 1 aromatic rings. The summed E-state index contributed by atoms with van der Waals surface area (Å²) in [6.07, 6.45) is 1.51. The Bertz CT molecular complexity index is 536. The summed E-state index contributed by atoms with van der Waals surface area (Å²) in [6, 6.07) is 6.19. The molecule has 1 aliphatic rings. The Morgan fingerprint density at radius 1 is 1.15 bits per heavy atom. The molecule has 152 valence electrons. The van der Waals surface area contributed by atoms with Crippen LogP contribution in [0.2, 0.25) is 0 Å². The average molecular weight is 472 g/mol. The van der Waals surface area contributed by atoms with Gasteiger partial charge in [0.25, 0.3) is 0 Å². The molecule has 2 rings (SSSR count). The molecule has 0 aliphatic carbocycles. The Morgan fingerprint density at radius 2 is 1.73 bits per heavy atom. The molecule has 0 aromatic heterocycles. The van der Waals surface area contributed by atoms with Crippen LogP contribution in [0.5, 0.6) is 5.75 Å². The van der Waals surface area contributed by atoms with Gasteiger partial charge in [0, 0.05) is 38.6 Å². The predicted molar refractivity (Wildman–Crippen MR) is 117 cm³/mol. The van der Waals surface area contributed by atoms with Gasteiger partial charge >= 0.3 is 0 Å². The number of rotatable bonds is 7. The first kappa shape index (κ1) is 26.0. The van der Waals surface area contributed by atoms with E-state index in [1.165, 1.54) is 5.56 Å². The fourth-order valence-electron chi connectivity index (χ4n) is 3.52. The van der Waals surface area contributed by atoms with Crippen LogP contribution < -0.4 is 4.74 Å². The molecular formula is C19H33BrCl2N2O2. The third-order valence-corrected chi connectivity index (χ3v) is 6.11. The maximum Gasteiger partial charge on any atom is 0.133 e. The maximum absolute atomic E-state index is 11.3. The van der Waals surface area contributed by atoms with E-state index in [0.717, 1.165) is 55.8 Å². The molecule has 0 amide bonds. The molecule has 1 fully saturated rings. The molecule has 1 unspecified atom stereocenters. The molecule has 1 atom stereocenters. The van der Waals surface area contributed by atoms with Crippen molar-refractivity contribution in [2.24, 2.45) is 0 Å². The lowest BCUT2D eigenvalue weighted by atomic mass is 9.78. The minimum absolute atomic E-state index is 0. The van der Waals surface area contributed by atoms with Crippen molar-refractivity contribution in [2.45, 2.75) is 38.2 Å². The Kier molecular flexibility index (Phi) is 11.7. The molecule has 7 heteroatoms. The summed E-state index contributed by atoms with van der Waals surface area (Å²) in [6.45, 7) is 9.37. The van der Waals surface area contributed by atoms with Crippen molar-refractivity contribution in [3.05, 3.63) is 28.2 Å². The Balaban J connectivity index is 0.00000312. The van der Waals surface area contributed by atoms with Crippen LogP contribution in [0.25, 0.3) is 0 Å². The SMILES string of the molecule is CCC(O)(CC)C(CN1CCN(C)CC1)c1ccc(OC)c(Br)c1.Cl.Cl. The molecule has 1 aromatic carbocycles. The largest absolute Gasteiger partial charge is 0.496 e. The molecule has 1 saturated heterocycles. The number of methoxy groups -OCH3 is 1. The van der Waals surface area contributed by atoms with Crippen LogP contribution in [-0.4, -0.2) is 67.4 Å². The predicted octanol–water partition coefficient (Wildman–Crippen LogP) is 4.18. The smallest absolute Gasteiger partial charge is 0.133 e. The van der Waals surface area contributed by atoms with Gasteiger partial charge in [0.15, 0.2) is 0 Å². The van der Waals surface area contributed by atoms with E-state index in [1.807, 2.05) is 6.07 Å². The van der Waals surface area contributed by atoms with E-state index in [9.17, 15) is 5.11 Å². The molecule has 26 heavy (non-hydrogen) atoms. The summed E-state index contributed by atoms with van der Waals surface area (Å²) in [5.41, 5.74) is 0.491. The number of hydrogen-bond acceptors (Lipinski definition) is 4. The van der Waals surface area contributed by atoms with Gasteiger partial charge in [0.1, 0.15) is 5.75 Å². The van der Waals surface area contributed by atoms with Gasteiger partial charge < -0.3 is 19.6 Å². The van der Waals surface area contributed by atoms with E-state index in [1.54, 1.807) is 7.11 Å². The van der Waals surface area contributed by atoms with E-state index < -0.39 is 5.60 Å². The summed E-state index contributed by atoms with van der Waals surface area (Å²) in [5.74, 6) is 0.923. The zero-order chi connectivity index (χ0) is 17.7. The van der Waals surface area contributed by atoms with Crippen molar-refractivity contribution < 1.29 is 9.84 Å². The maximum atomic E-state index is 11.3. The lowest BCUT2D eigenvalue weighted by molar-refractivity contribution is -0.0111. The molecule has 0 spiro atoms. The first-order valence-electron chi connectivity index (χ1n) is 8.90. The van der Waals surface area contributed by atoms with Crippen LogP contribution in [-0.2, 0) is 0 Å². The minimum atomic E-state index is -0.683. The second kappa shape index (κ2) is 11.7. The zero-order valence-electron chi connectivity index (χ0n) is 16.2. The number of piperazine rings is 1. The minimum Gasteiger partial charge on any atom is -0.496 e. The molecule has 0 radical (unpaired) electrons. The molecule has 1 aliphatic heterocycles. The highest BCUT2D eigenvalue weighted by Crippen LogP contribution is 2.37. The summed E-state index contributed by atoms with van der Waals surface area (Å²) in [7, 11) is 3.85. The Morgan fingerprint density at radius 3 is 2.19 bits per heavy atom. The highest BCUT2D eigenvalue weighted by atomic mass is 79.9. The van der Waals surface area contributed by atoms with Crippen LogP contribution in [0.15, 0.2) is 22.7 Å². The highest BCUT2D eigenvalue weighted by molar-refractivity contribution is 9.10. The van der Waals surface area contributed by atoms with Crippen molar-refractivity contribution in [3.63, 3.8) is 0 Å². The van der Waals surface area contributed by atoms with Crippen LogP contribution in [0.4, 0.5) is 0 Å². The number of likely N-dealkylation sites (N-methyl/N-ethyl adjacent to an activating group) is 1. The lowest BCUT2D eigenvalue weighted by Gasteiger charge is -2.41. The van der Waals surface area contributed by atoms with Crippen molar-refractivity contribution in [1.29, 1.82) is 0 Å². The van der Waals surface area contributed by atoms with Gasteiger partial charge in [-0.1, -0.05) is 19.9 Å². The lowest BCUT2D eigenvalue weighted by Crippen LogP contribution is -2.49. The first-order valence-corrected chi connectivity index (χ1v) is 9.69. The average Bonchev–Trinajstić information content (AvgIpc) is 2.60. The second-order valence-corrected chi connectivity index (χ2v) is 7.72. The standard InChI is InChI=1S/C19H31BrN2O2.2ClH/c1-5-19(23,6-2)16(14-22-11-9-21(3)10-12-22)15-7-8-18(24-4)17(20)13-15;;/h7-8,13,16,23H,5-6,9-12,14H2,1-4H3;2*1H. The van der Waals surface area contributed by atoms with Crippen LogP contribution in [0.3, 0.4) is 0 Å². The number of halogens is 3. The van der Waals surface area contributed by atoms with E-state index in [-0.39, 0.29) is 30.7 Å². The first-order chi connectivity index (χ1) is 11.4. The Hall–Kier alpha value is -0.0400. The van der Waals surface area contributed by atoms with Crippen molar-refractivity contribution in [3.8, 4) is 5.75 Å². The molecule has 0 bridgehead atoms. The van der Waals surface area contributed by atoms with Gasteiger partial charge in [-0.15, -0.1) is 24.8 Å². The normalized spacial score (nSPS) is 17.2. The molecular weight excluding hydrogens is 439 g/mol. The van der Waals surface area contributed by atoms with E-state index in [4.69, 9.17) is 4.74 Å². The third-order valence-electron chi connectivity index (χ3n) is 5.49. The molecule has 1 heterocycles. The van der Waals surface area contributed by atoms with Gasteiger partial charge in [0.05, 0.1) is 17.2 Å². The fraction of sp³-hybridized carbons (Fsp3) is 0.684. The summed E-state index contributed by atoms with van der Waals surface area (Å²) in [4.78, 5) is 4.85. The van der Waals surface area contributed by atoms with E-state index >= 15 is 0 Å². The number of ether oxygens (including phenoxy) is 1. The van der Waals surface area contributed by atoms with Crippen molar-refractivity contribution in [2.75, 3.05) is 46.9 Å². The van der Waals surface area contributed by atoms with Gasteiger partial charge in [-0.05, 0) is 53.5 Å². The monoisotopic (exact) mass is 470 g/mol. The van der Waals surface area contributed by atoms with Gasteiger partial charge in [0.2, 0.25) is 0 Å². The van der Waals surface area contributed by atoms with E-state index in [2.05, 4.69) is 58.8 Å². The van der Waals surface area contributed by atoms with Crippen LogP contribution in [0, 0.1) is 0 Å². The quantitative estimate of drug-likeness (QED) is 0.646. The zero-order valence-corrected chi connectivity index (χ0v) is 19.4. The topological polar surface area (TPSA) is 35.9 Å². The second-order valence-electron chi connectivity index (χ2n) is 6.86. The fourth-order valence-corrected chi connectivity index (χ4v) is 4.07. The Labute approximate surface area is 179 Å². The van der Waals surface area contributed by atoms with Crippen LogP contribution >= 0.6 is 40.7 Å². The highest BCUT2D eigenvalue weighted by Gasteiger charge is 2.36. The number of aliphatic hydroxyl groups is 1. The van der Waals surface area contributed by atoms with Crippen molar-refractivity contribution >= 4 is 40.7 Å². The van der Waals surface area contributed by atoms with Gasteiger partial charge in [-0.25, -0.2) is 0 Å². The number of nitrogens with zero attached hydrogens (tertiary/aromatic N) is 2. The van der Waals surface area contributed by atoms with Gasteiger partial charge in [-0.3, -0.25) is 0 Å². The summed E-state index contributed by atoms with van der Waals surface area (Å²) < 4.78 is 6.30. The van der Waals surface area contributed by atoms with E-state index in [0.29, 0.717) is 0 Å². The third kappa shape index (κ3) is 6.25. The molecule has 4 nitrogen and oxygen atoms in total. The number of benzene rings is 1. The van der Waals surface area contributed by atoms with Crippen LogP contribution in [0.1, 0.15) is 38.2 Å². The van der Waals surface area contributed by atoms with Gasteiger partial charge in [-0.2, -0.15) is 0 Å². The molecule has 0 saturated carbocycles. The summed E-state index contributed by atoms with van der Waals surface area (Å²) >= 11 is 3.59.